The molecule has 0 fully saturated rings. The highest BCUT2D eigenvalue weighted by Gasteiger charge is 2.08. The normalized spacial score (nSPS) is 12.2. The maximum Gasteiger partial charge on any atom is 0.123 e. The Morgan fingerprint density at radius 2 is 2.31 bits per heavy atom. The summed E-state index contributed by atoms with van der Waals surface area (Å²) in [6.07, 6.45) is 0.256. The van der Waals surface area contributed by atoms with Gasteiger partial charge < -0.3 is 5.73 Å². The molecule has 0 radical (unpaired) electrons. The van der Waals surface area contributed by atoms with Crippen LogP contribution in [-0.2, 0) is 0 Å². The molecule has 0 aliphatic carbocycles. The van der Waals surface area contributed by atoms with Gasteiger partial charge in [0.15, 0.2) is 0 Å². The highest BCUT2D eigenvalue weighted by molar-refractivity contribution is 5.29. The molecule has 13 heavy (non-hydrogen) atoms. The molecule has 0 bridgehead atoms. The zero-order valence-electron chi connectivity index (χ0n) is 7.42. The van der Waals surface area contributed by atoms with Gasteiger partial charge in [0.1, 0.15) is 5.82 Å². The van der Waals surface area contributed by atoms with Gasteiger partial charge in [-0.25, -0.2) is 4.39 Å². The monoisotopic (exact) mass is 178 g/mol. The summed E-state index contributed by atoms with van der Waals surface area (Å²) in [4.78, 5) is 0. The molecule has 0 aromatic heterocycles. The Morgan fingerprint density at radius 3 is 2.85 bits per heavy atom. The third kappa shape index (κ3) is 2.27. The molecule has 0 heterocycles. The Morgan fingerprint density at radius 1 is 1.62 bits per heavy atom. The number of hydrogen-bond acceptors (Lipinski definition) is 2. The minimum absolute atomic E-state index is 0.256. The Balaban J connectivity index is 2.96. The van der Waals surface area contributed by atoms with Gasteiger partial charge in [-0.05, 0) is 30.2 Å². The van der Waals surface area contributed by atoms with Crippen molar-refractivity contribution in [3.8, 4) is 6.07 Å². The van der Waals surface area contributed by atoms with E-state index in [4.69, 9.17) is 11.0 Å². The van der Waals surface area contributed by atoms with E-state index in [-0.39, 0.29) is 18.3 Å². The summed E-state index contributed by atoms with van der Waals surface area (Å²) < 4.78 is 12.7. The first-order chi connectivity index (χ1) is 6.15. The van der Waals surface area contributed by atoms with Gasteiger partial charge in [0.25, 0.3) is 0 Å². The van der Waals surface area contributed by atoms with Crippen molar-refractivity contribution in [2.75, 3.05) is 0 Å². The standard InChI is InChI=1S/C10H11FN2/c1-7-6-8(11)2-3-9(7)10(13)4-5-12/h2-3,6,10H,4,13H2,1H3/t10-/m1/s1. The third-order valence-corrected chi connectivity index (χ3v) is 1.94. The third-order valence-electron chi connectivity index (χ3n) is 1.94. The van der Waals surface area contributed by atoms with Gasteiger partial charge in [0, 0.05) is 6.04 Å². The van der Waals surface area contributed by atoms with Crippen molar-refractivity contribution >= 4 is 0 Å². The number of benzene rings is 1. The second-order valence-corrected chi connectivity index (χ2v) is 2.97. The molecule has 2 nitrogen and oxygen atoms in total. The highest BCUT2D eigenvalue weighted by Crippen LogP contribution is 2.18. The van der Waals surface area contributed by atoms with Crippen LogP contribution in [-0.4, -0.2) is 0 Å². The molecule has 0 amide bonds. The number of aryl methyl sites for hydroxylation is 1. The predicted octanol–water partition coefficient (Wildman–Crippen LogP) is 2.05. The lowest BCUT2D eigenvalue weighted by Gasteiger charge is -2.10. The van der Waals surface area contributed by atoms with E-state index in [1.807, 2.05) is 6.07 Å². The maximum absolute atomic E-state index is 12.7. The lowest BCUT2D eigenvalue weighted by atomic mass is 10.00. The molecular formula is C10H11FN2. The molecule has 0 aliphatic heterocycles. The van der Waals surface area contributed by atoms with Crippen molar-refractivity contribution in [3.63, 3.8) is 0 Å². The van der Waals surface area contributed by atoms with E-state index in [2.05, 4.69) is 0 Å². The van der Waals surface area contributed by atoms with Gasteiger partial charge in [0.2, 0.25) is 0 Å². The summed E-state index contributed by atoms with van der Waals surface area (Å²) in [5.41, 5.74) is 7.34. The second-order valence-electron chi connectivity index (χ2n) is 2.97. The number of halogens is 1. The molecule has 0 aliphatic rings. The molecule has 0 saturated carbocycles. The highest BCUT2D eigenvalue weighted by atomic mass is 19.1. The molecule has 0 saturated heterocycles. The number of nitrogens with two attached hydrogens (primary N) is 1. The van der Waals surface area contributed by atoms with Crippen LogP contribution in [0, 0.1) is 24.1 Å². The molecule has 1 aromatic rings. The maximum atomic E-state index is 12.7. The fourth-order valence-corrected chi connectivity index (χ4v) is 1.26. The lowest BCUT2D eigenvalue weighted by Crippen LogP contribution is -2.10. The van der Waals surface area contributed by atoms with Gasteiger partial charge in [-0.3, -0.25) is 0 Å². The number of rotatable bonds is 2. The number of hydrogen-bond donors (Lipinski definition) is 1. The van der Waals surface area contributed by atoms with E-state index >= 15 is 0 Å². The Kier molecular flexibility index (Phi) is 2.99. The summed E-state index contributed by atoms with van der Waals surface area (Å²) in [6.45, 7) is 1.79. The second kappa shape index (κ2) is 4.01. The smallest absolute Gasteiger partial charge is 0.123 e. The van der Waals surface area contributed by atoms with Crippen molar-refractivity contribution in [2.24, 2.45) is 5.73 Å². The van der Waals surface area contributed by atoms with Crippen LogP contribution >= 0.6 is 0 Å². The predicted molar refractivity (Wildman–Crippen MR) is 48.3 cm³/mol. The van der Waals surface area contributed by atoms with Gasteiger partial charge in [-0.15, -0.1) is 0 Å². The molecule has 3 heteroatoms. The van der Waals surface area contributed by atoms with E-state index in [0.29, 0.717) is 0 Å². The Labute approximate surface area is 76.8 Å². The number of nitriles is 1. The van der Waals surface area contributed by atoms with Crippen LogP contribution in [0.2, 0.25) is 0 Å². The topological polar surface area (TPSA) is 49.8 Å². The van der Waals surface area contributed by atoms with Crippen LogP contribution in [0.1, 0.15) is 23.6 Å². The van der Waals surface area contributed by atoms with Crippen LogP contribution in [0.4, 0.5) is 4.39 Å². The SMILES string of the molecule is Cc1cc(F)ccc1[C@H](N)CC#N. The summed E-state index contributed by atoms with van der Waals surface area (Å²) in [5, 5.41) is 8.44. The molecule has 1 rings (SSSR count). The molecule has 0 unspecified atom stereocenters. The molecule has 0 spiro atoms. The lowest BCUT2D eigenvalue weighted by molar-refractivity contribution is 0.623. The molecule has 1 atom stereocenters. The fraction of sp³-hybridized carbons (Fsp3) is 0.300. The minimum Gasteiger partial charge on any atom is -0.323 e. The van der Waals surface area contributed by atoms with Gasteiger partial charge >= 0.3 is 0 Å². The van der Waals surface area contributed by atoms with E-state index in [1.54, 1.807) is 13.0 Å². The zero-order valence-corrected chi connectivity index (χ0v) is 7.42. The first kappa shape index (κ1) is 9.69. The summed E-state index contributed by atoms with van der Waals surface area (Å²) in [7, 11) is 0. The quantitative estimate of drug-likeness (QED) is 0.753. The van der Waals surface area contributed by atoms with Crippen molar-refractivity contribution in [1.82, 2.24) is 0 Å². The number of nitrogens with zero attached hydrogens (tertiary/aromatic N) is 1. The van der Waals surface area contributed by atoms with Gasteiger partial charge in [-0.1, -0.05) is 6.07 Å². The van der Waals surface area contributed by atoms with E-state index in [9.17, 15) is 4.39 Å². The van der Waals surface area contributed by atoms with Crippen molar-refractivity contribution < 1.29 is 4.39 Å². The molecule has 68 valence electrons. The van der Waals surface area contributed by atoms with Crippen LogP contribution in [0.3, 0.4) is 0 Å². The van der Waals surface area contributed by atoms with Crippen LogP contribution in [0.15, 0.2) is 18.2 Å². The Hall–Kier alpha value is -1.40. The summed E-state index contributed by atoms with van der Waals surface area (Å²) >= 11 is 0. The van der Waals surface area contributed by atoms with Gasteiger partial charge in [-0.2, -0.15) is 5.26 Å². The van der Waals surface area contributed by atoms with Crippen molar-refractivity contribution in [1.29, 1.82) is 5.26 Å². The average Bonchev–Trinajstić information content (AvgIpc) is 2.04. The fourth-order valence-electron chi connectivity index (χ4n) is 1.26. The van der Waals surface area contributed by atoms with E-state index < -0.39 is 0 Å². The van der Waals surface area contributed by atoms with Crippen LogP contribution in [0.5, 0.6) is 0 Å². The van der Waals surface area contributed by atoms with E-state index in [1.165, 1.54) is 12.1 Å². The molecule has 1 aromatic carbocycles. The first-order valence-corrected chi connectivity index (χ1v) is 4.03. The summed E-state index contributed by atoms with van der Waals surface area (Å²) in [5.74, 6) is -0.273. The van der Waals surface area contributed by atoms with Crippen LogP contribution < -0.4 is 5.73 Å². The van der Waals surface area contributed by atoms with Gasteiger partial charge in [0.05, 0.1) is 12.5 Å². The molecular weight excluding hydrogens is 167 g/mol. The largest absolute Gasteiger partial charge is 0.323 e. The summed E-state index contributed by atoms with van der Waals surface area (Å²) in [6, 6.07) is 6.09. The first-order valence-electron chi connectivity index (χ1n) is 4.03. The van der Waals surface area contributed by atoms with Crippen LogP contribution in [0.25, 0.3) is 0 Å². The zero-order chi connectivity index (χ0) is 9.84. The Bertz CT molecular complexity index is 341. The molecule has 2 N–H and O–H groups in total. The minimum atomic E-state index is -0.314. The van der Waals surface area contributed by atoms with Crippen molar-refractivity contribution in [2.45, 2.75) is 19.4 Å². The average molecular weight is 178 g/mol. The van der Waals surface area contributed by atoms with E-state index in [0.717, 1.165) is 11.1 Å². The van der Waals surface area contributed by atoms with Crippen molar-refractivity contribution in [3.05, 3.63) is 35.1 Å².